The largest absolute Gasteiger partial charge is 0.389 e. The highest BCUT2D eigenvalue weighted by atomic mass is 32.2. The third-order valence-electron chi connectivity index (χ3n) is 4.79. The van der Waals surface area contributed by atoms with E-state index in [1.165, 1.54) is 10.5 Å². The summed E-state index contributed by atoms with van der Waals surface area (Å²) >= 11 is 1.59. The van der Waals surface area contributed by atoms with E-state index >= 15 is 0 Å². The highest BCUT2D eigenvalue weighted by molar-refractivity contribution is 7.97. The predicted octanol–water partition coefficient (Wildman–Crippen LogP) is 8.05. The third kappa shape index (κ3) is 14.1. The van der Waals surface area contributed by atoms with Gasteiger partial charge in [-0.05, 0) is 70.0 Å². The summed E-state index contributed by atoms with van der Waals surface area (Å²) in [6.07, 6.45) is 4.61. The first-order chi connectivity index (χ1) is 18.3. The minimum atomic E-state index is -1.26. The van der Waals surface area contributed by atoms with Crippen LogP contribution in [0, 0.1) is 6.92 Å². The Morgan fingerprint density at radius 1 is 1.00 bits per heavy atom. The topological polar surface area (TPSA) is 56.4 Å². The van der Waals surface area contributed by atoms with Crippen LogP contribution in [0.2, 0.25) is 0 Å². The van der Waals surface area contributed by atoms with Crippen molar-refractivity contribution in [2.75, 3.05) is 13.1 Å². The molecule has 2 aromatic rings. The Bertz CT molecular complexity index is 1030. The first-order valence-corrected chi connectivity index (χ1v) is 15.2. The van der Waals surface area contributed by atoms with Crippen LogP contribution in [0.4, 0.5) is 0 Å². The van der Waals surface area contributed by atoms with Gasteiger partial charge < -0.3 is 15.4 Å². The summed E-state index contributed by atoms with van der Waals surface area (Å²) in [5, 5.41) is 6.54. The molecule has 7 heteroatoms. The molecule has 210 valence electrons. The fourth-order valence-electron chi connectivity index (χ4n) is 3.03. The summed E-state index contributed by atoms with van der Waals surface area (Å²) in [6, 6.07) is 17.9. The Morgan fingerprint density at radius 2 is 1.61 bits per heavy atom. The molecule has 0 aromatic heterocycles. The molecule has 0 radical (unpaired) electrons. The molecule has 0 heterocycles. The van der Waals surface area contributed by atoms with Crippen LogP contribution in [-0.2, 0) is 11.0 Å². The van der Waals surface area contributed by atoms with Crippen molar-refractivity contribution in [2.45, 2.75) is 71.6 Å². The van der Waals surface area contributed by atoms with Crippen molar-refractivity contribution in [1.82, 2.24) is 19.7 Å². The van der Waals surface area contributed by atoms with Gasteiger partial charge in [-0.25, -0.2) is 4.21 Å². The number of aryl methyl sites for hydroxylation is 1. The molecule has 2 rings (SSSR count). The average molecular weight is 557 g/mol. The molecule has 38 heavy (non-hydrogen) atoms. The quantitative estimate of drug-likeness (QED) is 0.125. The zero-order valence-corrected chi connectivity index (χ0v) is 26.2. The van der Waals surface area contributed by atoms with E-state index < -0.39 is 11.0 Å². The molecule has 5 nitrogen and oxygen atoms in total. The van der Waals surface area contributed by atoms with Crippen molar-refractivity contribution in [3.05, 3.63) is 108 Å². The van der Waals surface area contributed by atoms with Gasteiger partial charge in [0.15, 0.2) is 11.0 Å². The number of benzene rings is 2. The second kappa shape index (κ2) is 21.1. The van der Waals surface area contributed by atoms with E-state index in [1.807, 2.05) is 95.4 Å². The van der Waals surface area contributed by atoms with E-state index in [-0.39, 0.29) is 0 Å². The summed E-state index contributed by atoms with van der Waals surface area (Å²) in [6.45, 7) is 25.6. The van der Waals surface area contributed by atoms with E-state index in [2.05, 4.69) is 59.7 Å². The molecule has 0 saturated heterocycles. The van der Waals surface area contributed by atoms with E-state index in [9.17, 15) is 4.21 Å². The zero-order valence-electron chi connectivity index (χ0n) is 24.6. The van der Waals surface area contributed by atoms with Gasteiger partial charge in [0, 0.05) is 53.4 Å². The van der Waals surface area contributed by atoms with Crippen molar-refractivity contribution in [3.63, 3.8) is 0 Å². The number of allylic oxidation sites excluding steroid dienone is 3. The van der Waals surface area contributed by atoms with Gasteiger partial charge in [0.1, 0.15) is 0 Å². The van der Waals surface area contributed by atoms with Gasteiger partial charge in [-0.1, -0.05) is 76.7 Å². The SMILES string of the molecule is C=C(/C=C(\C)N(CC)S(=O)c1ccccc1)NC(=C)CCN/C=C(\C)NSc1ccc(C)cc1.CC.CC. The second-order valence-corrected chi connectivity index (χ2v) is 10.1. The lowest BCUT2D eigenvalue weighted by molar-refractivity contribution is 0.552. The van der Waals surface area contributed by atoms with Gasteiger partial charge in [-0.3, -0.25) is 4.31 Å². The highest BCUT2D eigenvalue weighted by Gasteiger charge is 2.13. The van der Waals surface area contributed by atoms with Crippen LogP contribution in [0.3, 0.4) is 0 Å². The van der Waals surface area contributed by atoms with Crippen molar-refractivity contribution in [2.24, 2.45) is 0 Å². The smallest absolute Gasteiger partial charge is 0.152 e. The first-order valence-electron chi connectivity index (χ1n) is 13.3. The molecule has 0 fully saturated rings. The van der Waals surface area contributed by atoms with Crippen LogP contribution >= 0.6 is 11.9 Å². The van der Waals surface area contributed by atoms with Gasteiger partial charge in [-0.15, -0.1) is 0 Å². The first kappa shape index (κ1) is 35.1. The van der Waals surface area contributed by atoms with Crippen molar-refractivity contribution >= 4 is 22.9 Å². The molecule has 0 aliphatic rings. The molecular formula is C31H48N4OS2. The van der Waals surface area contributed by atoms with Gasteiger partial charge in [0.25, 0.3) is 0 Å². The van der Waals surface area contributed by atoms with E-state index in [4.69, 9.17) is 0 Å². The molecule has 1 atom stereocenters. The van der Waals surface area contributed by atoms with Gasteiger partial charge in [-0.2, -0.15) is 0 Å². The maximum absolute atomic E-state index is 12.9. The van der Waals surface area contributed by atoms with E-state index in [1.54, 1.807) is 11.9 Å². The Labute approximate surface area is 239 Å². The summed E-state index contributed by atoms with van der Waals surface area (Å²) in [5.74, 6) is 0. The summed E-state index contributed by atoms with van der Waals surface area (Å²) in [7, 11) is -1.26. The fraction of sp³-hybridized carbons (Fsp3) is 0.355. The predicted molar refractivity (Wildman–Crippen MR) is 170 cm³/mol. The van der Waals surface area contributed by atoms with Crippen molar-refractivity contribution in [1.29, 1.82) is 0 Å². The maximum Gasteiger partial charge on any atom is 0.152 e. The molecule has 0 aliphatic carbocycles. The Kier molecular flexibility index (Phi) is 19.5. The molecule has 2 aromatic carbocycles. The molecule has 0 amide bonds. The van der Waals surface area contributed by atoms with Crippen LogP contribution in [0.15, 0.2) is 113 Å². The zero-order chi connectivity index (χ0) is 28.9. The molecule has 0 bridgehead atoms. The Morgan fingerprint density at radius 3 is 2.18 bits per heavy atom. The third-order valence-corrected chi connectivity index (χ3v) is 7.34. The number of nitrogens with zero attached hydrogens (tertiary/aromatic N) is 1. The Balaban J connectivity index is 0.00000326. The standard InChI is InChI=1S/C27H36N4OS2.2C2H6/c1-7-31(34(32)27-11-9-8-10-12-27)25(6)19-23(4)29-22(3)17-18-28-20-24(5)30-33-26-15-13-21(2)14-16-26;2*1-2/h8-16,19-20,28-30H,3-4,7,17-18H2,1-2,5-6H3;2*1-2H3/b24-20+,25-19+;;. The molecular weight excluding hydrogens is 509 g/mol. The summed E-state index contributed by atoms with van der Waals surface area (Å²) in [4.78, 5) is 1.95. The number of rotatable bonds is 14. The molecule has 1 unspecified atom stereocenters. The van der Waals surface area contributed by atoms with Crippen LogP contribution < -0.4 is 15.4 Å². The normalized spacial score (nSPS) is 11.6. The number of hydrogen-bond donors (Lipinski definition) is 3. The number of hydrogen-bond acceptors (Lipinski definition) is 5. The maximum atomic E-state index is 12.9. The lowest BCUT2D eigenvalue weighted by atomic mass is 10.2. The lowest BCUT2D eigenvalue weighted by Crippen LogP contribution is -2.25. The molecule has 0 saturated carbocycles. The highest BCUT2D eigenvalue weighted by Crippen LogP contribution is 2.17. The van der Waals surface area contributed by atoms with Crippen LogP contribution in [0.5, 0.6) is 0 Å². The molecule has 3 N–H and O–H groups in total. The van der Waals surface area contributed by atoms with Gasteiger partial charge in [0.2, 0.25) is 0 Å². The summed E-state index contributed by atoms with van der Waals surface area (Å²) in [5.41, 5.74) is 4.75. The fourth-order valence-corrected chi connectivity index (χ4v) is 4.84. The van der Waals surface area contributed by atoms with E-state index in [0.29, 0.717) is 12.2 Å². The lowest BCUT2D eigenvalue weighted by Gasteiger charge is -2.23. The van der Waals surface area contributed by atoms with E-state index in [0.717, 1.165) is 35.0 Å². The Hall–Kier alpha value is -2.90. The molecule has 0 aliphatic heterocycles. The molecule has 0 spiro atoms. The van der Waals surface area contributed by atoms with Crippen LogP contribution in [0.1, 0.15) is 60.5 Å². The minimum Gasteiger partial charge on any atom is -0.389 e. The van der Waals surface area contributed by atoms with Gasteiger partial charge in [0.05, 0.1) is 4.90 Å². The van der Waals surface area contributed by atoms with Crippen LogP contribution in [0.25, 0.3) is 0 Å². The number of nitrogens with one attached hydrogen (secondary N) is 3. The van der Waals surface area contributed by atoms with Crippen molar-refractivity contribution < 1.29 is 4.21 Å². The van der Waals surface area contributed by atoms with Gasteiger partial charge >= 0.3 is 0 Å². The van der Waals surface area contributed by atoms with Crippen molar-refractivity contribution in [3.8, 4) is 0 Å². The summed E-state index contributed by atoms with van der Waals surface area (Å²) < 4.78 is 18.1. The second-order valence-electron chi connectivity index (χ2n) is 7.85. The minimum absolute atomic E-state index is 0.629. The monoisotopic (exact) mass is 556 g/mol. The average Bonchev–Trinajstić information content (AvgIpc) is 2.93. The van der Waals surface area contributed by atoms with Crippen LogP contribution in [-0.4, -0.2) is 21.6 Å².